The van der Waals surface area contributed by atoms with Crippen LogP contribution in [0.25, 0.3) is 0 Å². The van der Waals surface area contributed by atoms with Crippen LogP contribution in [0.3, 0.4) is 0 Å². The zero-order valence-corrected chi connectivity index (χ0v) is 7.81. The summed E-state index contributed by atoms with van der Waals surface area (Å²) in [6.07, 6.45) is 11.1. The van der Waals surface area contributed by atoms with Crippen molar-refractivity contribution in [3.63, 3.8) is 0 Å². The number of carbonyl (C=O) groups is 1. The fraction of sp³-hybridized carbons (Fsp3) is 0.700. The van der Waals surface area contributed by atoms with E-state index in [-0.39, 0.29) is 5.41 Å². The fourth-order valence-corrected chi connectivity index (χ4v) is 1.86. The largest absolute Gasteiger partial charge is 0.352 e. The number of hydrogen-bond donors (Lipinski definition) is 2. The van der Waals surface area contributed by atoms with Gasteiger partial charge in [-0.05, 0) is 12.8 Å². The number of urea groups is 1. The Balaban J connectivity index is 2.49. The minimum atomic E-state index is -0.486. The Morgan fingerprint density at radius 1 is 1.46 bits per heavy atom. The molecule has 13 heavy (non-hydrogen) atoms. The second kappa shape index (κ2) is 4.18. The van der Waals surface area contributed by atoms with E-state index in [4.69, 9.17) is 12.2 Å². The Hall–Kier alpha value is -1.17. The van der Waals surface area contributed by atoms with Crippen LogP contribution in [0.2, 0.25) is 0 Å². The molecule has 0 aromatic heterocycles. The van der Waals surface area contributed by atoms with Crippen LogP contribution in [0.1, 0.15) is 32.1 Å². The lowest BCUT2D eigenvalue weighted by Gasteiger charge is -2.32. The first-order valence-electron chi connectivity index (χ1n) is 4.70. The third kappa shape index (κ3) is 2.66. The van der Waals surface area contributed by atoms with E-state index in [9.17, 15) is 4.79 Å². The first kappa shape index (κ1) is 9.91. The van der Waals surface area contributed by atoms with Crippen molar-refractivity contribution in [2.75, 3.05) is 6.54 Å². The van der Waals surface area contributed by atoms with E-state index in [1.807, 2.05) is 0 Å². The molecule has 1 aliphatic carbocycles. The summed E-state index contributed by atoms with van der Waals surface area (Å²) >= 11 is 0. The number of hydrogen-bond acceptors (Lipinski definition) is 1. The van der Waals surface area contributed by atoms with Gasteiger partial charge in [0.1, 0.15) is 0 Å². The van der Waals surface area contributed by atoms with Gasteiger partial charge in [-0.3, -0.25) is 0 Å². The van der Waals surface area contributed by atoms with E-state index < -0.39 is 6.03 Å². The molecular formula is C10H16N2O. The zero-order valence-electron chi connectivity index (χ0n) is 7.81. The molecule has 0 spiro atoms. The quantitative estimate of drug-likeness (QED) is 0.617. The monoisotopic (exact) mass is 180 g/mol. The van der Waals surface area contributed by atoms with Crippen LogP contribution in [0, 0.1) is 17.8 Å². The summed E-state index contributed by atoms with van der Waals surface area (Å²) < 4.78 is 0. The van der Waals surface area contributed by atoms with E-state index in [1.165, 1.54) is 6.42 Å². The Morgan fingerprint density at radius 2 is 2.08 bits per heavy atom. The lowest BCUT2D eigenvalue weighted by molar-refractivity contribution is 0.231. The van der Waals surface area contributed by atoms with Crippen LogP contribution >= 0.6 is 0 Å². The summed E-state index contributed by atoms with van der Waals surface area (Å²) in [5.74, 6) is 2.80. The molecule has 3 nitrogen and oxygen atoms in total. The molecule has 0 radical (unpaired) electrons. The molecule has 0 saturated heterocycles. The molecule has 0 unspecified atom stereocenters. The Bertz CT molecular complexity index is 224. The minimum absolute atomic E-state index is 0.132. The summed E-state index contributed by atoms with van der Waals surface area (Å²) in [7, 11) is 0. The van der Waals surface area contributed by atoms with Gasteiger partial charge in [0.25, 0.3) is 0 Å². The van der Waals surface area contributed by atoms with Gasteiger partial charge < -0.3 is 11.1 Å². The normalized spacial score (nSPS) is 20.2. The van der Waals surface area contributed by atoms with Crippen LogP contribution in [0.5, 0.6) is 0 Å². The van der Waals surface area contributed by atoms with Gasteiger partial charge in [-0.25, -0.2) is 4.79 Å². The van der Waals surface area contributed by atoms with Crippen molar-refractivity contribution in [2.24, 2.45) is 11.1 Å². The molecule has 0 aromatic carbocycles. The van der Waals surface area contributed by atoms with Crippen molar-refractivity contribution in [2.45, 2.75) is 32.1 Å². The van der Waals surface area contributed by atoms with Gasteiger partial charge in [0.05, 0.1) is 0 Å². The van der Waals surface area contributed by atoms with Crippen LogP contribution in [0.4, 0.5) is 4.79 Å². The highest BCUT2D eigenvalue weighted by molar-refractivity contribution is 5.71. The summed E-state index contributed by atoms with van der Waals surface area (Å²) in [5.41, 5.74) is 4.87. The third-order valence-electron chi connectivity index (χ3n) is 2.72. The van der Waals surface area contributed by atoms with Gasteiger partial charge in [0.2, 0.25) is 0 Å². The molecule has 1 saturated carbocycles. The average molecular weight is 180 g/mol. The van der Waals surface area contributed by atoms with Crippen LogP contribution < -0.4 is 11.1 Å². The lowest BCUT2D eigenvalue weighted by atomic mass is 9.75. The number of nitrogens with two attached hydrogens (primary N) is 1. The SMILES string of the molecule is C#CC1(CNC(N)=O)CCCCC1. The standard InChI is InChI=1S/C10H16N2O/c1-2-10(8-12-9(11)13)6-4-3-5-7-10/h1H,3-8H2,(H3,11,12,13). The van der Waals surface area contributed by atoms with E-state index in [0.717, 1.165) is 25.7 Å². The summed E-state index contributed by atoms with van der Waals surface area (Å²) in [4.78, 5) is 10.5. The number of primary amides is 1. The van der Waals surface area contributed by atoms with Crippen molar-refractivity contribution in [1.29, 1.82) is 0 Å². The maximum atomic E-state index is 10.5. The van der Waals surface area contributed by atoms with Crippen LogP contribution in [-0.2, 0) is 0 Å². The molecular weight excluding hydrogens is 164 g/mol. The molecule has 0 heterocycles. The number of nitrogens with one attached hydrogen (secondary N) is 1. The molecule has 0 aromatic rings. The van der Waals surface area contributed by atoms with Gasteiger partial charge in [-0.1, -0.05) is 25.2 Å². The number of carbonyl (C=O) groups excluding carboxylic acids is 1. The molecule has 72 valence electrons. The highest BCUT2D eigenvalue weighted by atomic mass is 16.2. The number of terminal acetylenes is 1. The molecule has 0 atom stereocenters. The summed E-state index contributed by atoms with van der Waals surface area (Å²) in [6, 6.07) is -0.486. The zero-order chi connectivity index (χ0) is 9.73. The maximum absolute atomic E-state index is 10.5. The van der Waals surface area contributed by atoms with E-state index in [0.29, 0.717) is 6.54 Å². The van der Waals surface area contributed by atoms with Gasteiger partial charge >= 0.3 is 6.03 Å². The molecule has 1 fully saturated rings. The van der Waals surface area contributed by atoms with Gasteiger partial charge in [-0.15, -0.1) is 6.42 Å². The van der Waals surface area contributed by atoms with E-state index >= 15 is 0 Å². The highest BCUT2D eigenvalue weighted by Crippen LogP contribution is 2.34. The topological polar surface area (TPSA) is 55.1 Å². The summed E-state index contributed by atoms with van der Waals surface area (Å²) in [5, 5.41) is 2.60. The summed E-state index contributed by atoms with van der Waals surface area (Å²) in [6.45, 7) is 0.527. The predicted octanol–water partition coefficient (Wildman–Crippen LogP) is 1.24. The molecule has 1 aliphatic rings. The molecule has 3 heteroatoms. The Kier molecular flexibility index (Phi) is 3.18. The fourth-order valence-electron chi connectivity index (χ4n) is 1.86. The molecule has 3 N–H and O–H groups in total. The first-order valence-corrected chi connectivity index (χ1v) is 4.70. The smallest absolute Gasteiger partial charge is 0.312 e. The van der Waals surface area contributed by atoms with Gasteiger partial charge in [0.15, 0.2) is 0 Å². The second-order valence-electron chi connectivity index (χ2n) is 3.70. The van der Waals surface area contributed by atoms with Crippen molar-refractivity contribution in [1.82, 2.24) is 5.32 Å². The van der Waals surface area contributed by atoms with Gasteiger partial charge in [0, 0.05) is 12.0 Å². The maximum Gasteiger partial charge on any atom is 0.312 e. The van der Waals surface area contributed by atoms with Crippen molar-refractivity contribution in [3.05, 3.63) is 0 Å². The van der Waals surface area contributed by atoms with Crippen LogP contribution in [-0.4, -0.2) is 12.6 Å². The third-order valence-corrected chi connectivity index (χ3v) is 2.72. The first-order chi connectivity index (χ1) is 6.18. The number of amides is 2. The minimum Gasteiger partial charge on any atom is -0.352 e. The Morgan fingerprint density at radius 3 is 2.54 bits per heavy atom. The van der Waals surface area contributed by atoms with Crippen LogP contribution in [0.15, 0.2) is 0 Å². The van der Waals surface area contributed by atoms with E-state index in [1.54, 1.807) is 0 Å². The second-order valence-corrected chi connectivity index (χ2v) is 3.70. The lowest BCUT2D eigenvalue weighted by Crippen LogP contribution is -2.40. The highest BCUT2D eigenvalue weighted by Gasteiger charge is 2.29. The molecule has 0 bridgehead atoms. The predicted molar refractivity (Wildman–Crippen MR) is 51.9 cm³/mol. The average Bonchev–Trinajstić information content (AvgIpc) is 2.16. The Labute approximate surface area is 79.1 Å². The molecule has 2 amide bonds. The molecule has 1 rings (SSSR count). The van der Waals surface area contributed by atoms with Crippen molar-refractivity contribution >= 4 is 6.03 Å². The van der Waals surface area contributed by atoms with Gasteiger partial charge in [-0.2, -0.15) is 0 Å². The number of rotatable bonds is 2. The molecule has 0 aliphatic heterocycles. The van der Waals surface area contributed by atoms with Crippen molar-refractivity contribution in [3.8, 4) is 12.3 Å². The van der Waals surface area contributed by atoms with Crippen molar-refractivity contribution < 1.29 is 4.79 Å². The van der Waals surface area contributed by atoms with E-state index in [2.05, 4.69) is 11.2 Å².